The first-order valence-electron chi connectivity index (χ1n) is 17.3. The molecular weight excluding hydrogens is 678 g/mol. The Morgan fingerprint density at radius 1 is 0.538 bits per heavy atom. The second-order valence-corrected chi connectivity index (χ2v) is 14.8. The standard InChI is InChI=1S/C46H24ClN3OS/c47-46-48-41(40-35-22-20-25-9-1-2-10-30(25)43(35)51-45(40)49-46)28-18-17-27-24-29(21-19-26(27)23-28)50-36-15-7-5-13-33(36)38-31-11-3-4-12-32(31)39-34-14-6-8-16-37(34)52-44(39)42(38)50/h1-24H. The fourth-order valence-electron chi connectivity index (χ4n) is 8.50. The predicted octanol–water partition coefficient (Wildman–Crippen LogP) is 13.6. The number of benzene rings is 8. The number of rotatable bonds is 2. The number of halogens is 1. The van der Waals surface area contributed by atoms with E-state index in [2.05, 4.69) is 143 Å². The number of furan rings is 1. The van der Waals surface area contributed by atoms with Gasteiger partial charge in [-0.3, -0.25) is 0 Å². The van der Waals surface area contributed by atoms with E-state index in [1.165, 1.54) is 52.8 Å². The molecule has 0 aliphatic heterocycles. The summed E-state index contributed by atoms with van der Waals surface area (Å²) in [6.45, 7) is 0. The van der Waals surface area contributed by atoms with Crippen molar-refractivity contribution in [2.75, 3.05) is 0 Å². The van der Waals surface area contributed by atoms with Gasteiger partial charge in [0.25, 0.3) is 0 Å². The van der Waals surface area contributed by atoms with E-state index >= 15 is 0 Å². The van der Waals surface area contributed by atoms with Crippen LogP contribution in [0, 0.1) is 0 Å². The summed E-state index contributed by atoms with van der Waals surface area (Å²) in [7, 11) is 0. The minimum Gasteiger partial charge on any atom is -0.437 e. The molecule has 4 aromatic heterocycles. The van der Waals surface area contributed by atoms with Gasteiger partial charge in [-0.1, -0.05) is 109 Å². The van der Waals surface area contributed by atoms with Crippen LogP contribution in [-0.4, -0.2) is 14.5 Å². The zero-order chi connectivity index (χ0) is 34.1. The minimum atomic E-state index is 0.160. The van der Waals surface area contributed by atoms with Crippen molar-refractivity contribution in [3.05, 3.63) is 151 Å². The summed E-state index contributed by atoms with van der Waals surface area (Å²) in [5.74, 6) is 0. The predicted molar refractivity (Wildman–Crippen MR) is 220 cm³/mol. The van der Waals surface area contributed by atoms with Gasteiger partial charge in [-0.2, -0.15) is 4.98 Å². The molecule has 12 aromatic rings. The van der Waals surface area contributed by atoms with Crippen LogP contribution in [0.1, 0.15) is 0 Å². The van der Waals surface area contributed by atoms with Crippen LogP contribution in [-0.2, 0) is 0 Å². The van der Waals surface area contributed by atoms with Crippen LogP contribution in [0.15, 0.2) is 150 Å². The van der Waals surface area contributed by atoms with Crippen molar-refractivity contribution in [2.45, 2.75) is 0 Å². The summed E-state index contributed by atoms with van der Waals surface area (Å²) in [4.78, 5) is 9.27. The van der Waals surface area contributed by atoms with E-state index in [0.717, 1.165) is 54.8 Å². The normalized spacial score (nSPS) is 12.3. The SMILES string of the molecule is Clc1nc(-c2ccc3cc(-n4c5ccccc5c5c6ccccc6c6c7ccccc7sc6c54)ccc3c2)c2c(n1)oc1c3ccccc3ccc12. The molecule has 0 spiro atoms. The van der Waals surface area contributed by atoms with Gasteiger partial charge in [-0.25, -0.2) is 4.98 Å². The molecule has 0 bridgehead atoms. The fraction of sp³-hybridized carbons (Fsp3) is 0. The summed E-state index contributed by atoms with van der Waals surface area (Å²) in [6.07, 6.45) is 0. The van der Waals surface area contributed by atoms with Crippen molar-refractivity contribution in [1.82, 2.24) is 14.5 Å². The molecule has 0 radical (unpaired) electrons. The second-order valence-electron chi connectivity index (χ2n) is 13.5. The van der Waals surface area contributed by atoms with E-state index in [1.807, 2.05) is 23.5 Å². The first-order chi connectivity index (χ1) is 25.7. The molecule has 4 heterocycles. The molecule has 0 aliphatic carbocycles. The lowest BCUT2D eigenvalue weighted by Crippen LogP contribution is -1.94. The molecule has 0 aliphatic rings. The highest BCUT2D eigenvalue weighted by Crippen LogP contribution is 2.48. The third-order valence-electron chi connectivity index (χ3n) is 10.7. The van der Waals surface area contributed by atoms with Crippen molar-refractivity contribution < 1.29 is 4.42 Å². The van der Waals surface area contributed by atoms with E-state index in [9.17, 15) is 0 Å². The molecule has 0 saturated heterocycles. The van der Waals surface area contributed by atoms with Crippen LogP contribution < -0.4 is 0 Å². The highest BCUT2D eigenvalue weighted by molar-refractivity contribution is 7.27. The third kappa shape index (κ3) is 3.81. The molecule has 12 rings (SSSR count). The molecule has 4 nitrogen and oxygen atoms in total. The smallest absolute Gasteiger partial charge is 0.232 e. The Bertz CT molecular complexity index is 3500. The Morgan fingerprint density at radius 3 is 2.12 bits per heavy atom. The van der Waals surface area contributed by atoms with E-state index in [-0.39, 0.29) is 5.28 Å². The number of aromatic nitrogens is 3. The minimum absolute atomic E-state index is 0.160. The second kappa shape index (κ2) is 10.4. The quantitative estimate of drug-likeness (QED) is 0.169. The molecule has 0 unspecified atom stereocenters. The van der Waals surface area contributed by atoms with Crippen LogP contribution in [0.3, 0.4) is 0 Å². The van der Waals surface area contributed by atoms with Gasteiger partial charge < -0.3 is 8.98 Å². The summed E-state index contributed by atoms with van der Waals surface area (Å²) in [6, 6.07) is 52.2. The maximum Gasteiger partial charge on any atom is 0.232 e. The molecule has 0 N–H and O–H groups in total. The van der Waals surface area contributed by atoms with Crippen LogP contribution >= 0.6 is 22.9 Å². The summed E-state index contributed by atoms with van der Waals surface area (Å²) < 4.78 is 11.4. The first kappa shape index (κ1) is 28.4. The molecule has 52 heavy (non-hydrogen) atoms. The van der Waals surface area contributed by atoms with Crippen LogP contribution in [0.4, 0.5) is 0 Å². The average Bonchev–Trinajstić information content (AvgIpc) is 3.87. The van der Waals surface area contributed by atoms with Gasteiger partial charge in [-0.15, -0.1) is 11.3 Å². The molecule has 0 amide bonds. The van der Waals surface area contributed by atoms with Crippen LogP contribution in [0.25, 0.3) is 113 Å². The van der Waals surface area contributed by atoms with Crippen LogP contribution in [0.2, 0.25) is 5.28 Å². The first-order valence-corrected chi connectivity index (χ1v) is 18.5. The molecule has 242 valence electrons. The highest BCUT2D eigenvalue weighted by atomic mass is 35.5. The Kier molecular flexibility index (Phi) is 5.68. The van der Waals surface area contributed by atoms with E-state index in [4.69, 9.17) is 21.0 Å². The third-order valence-corrected chi connectivity index (χ3v) is 12.0. The van der Waals surface area contributed by atoms with Gasteiger partial charge in [0, 0.05) is 48.3 Å². The largest absolute Gasteiger partial charge is 0.437 e. The van der Waals surface area contributed by atoms with E-state index in [0.29, 0.717) is 5.71 Å². The molecule has 8 aromatic carbocycles. The maximum absolute atomic E-state index is 6.53. The number of hydrogen-bond acceptors (Lipinski definition) is 4. The fourth-order valence-corrected chi connectivity index (χ4v) is 9.92. The Morgan fingerprint density at radius 2 is 1.23 bits per heavy atom. The Labute approximate surface area is 304 Å². The zero-order valence-electron chi connectivity index (χ0n) is 27.4. The highest BCUT2D eigenvalue weighted by Gasteiger charge is 2.22. The van der Waals surface area contributed by atoms with E-state index in [1.54, 1.807) is 0 Å². The lowest BCUT2D eigenvalue weighted by Gasteiger charge is -2.12. The van der Waals surface area contributed by atoms with Gasteiger partial charge in [0.2, 0.25) is 11.0 Å². The average molecular weight is 702 g/mol. The number of hydrogen-bond donors (Lipinski definition) is 0. The molecule has 6 heteroatoms. The topological polar surface area (TPSA) is 43.9 Å². The van der Waals surface area contributed by atoms with Crippen molar-refractivity contribution >= 4 is 119 Å². The maximum atomic E-state index is 6.53. The molecular formula is C46H24ClN3OS. The van der Waals surface area contributed by atoms with Crippen molar-refractivity contribution in [2.24, 2.45) is 0 Å². The summed E-state index contributed by atoms with van der Waals surface area (Å²) in [5, 5.41) is 14.2. The lowest BCUT2D eigenvalue weighted by atomic mass is 9.99. The van der Waals surface area contributed by atoms with Gasteiger partial charge in [0.05, 0.1) is 26.8 Å². The molecule has 0 saturated carbocycles. The van der Waals surface area contributed by atoms with Gasteiger partial charge in [-0.05, 0) is 74.9 Å². The monoisotopic (exact) mass is 701 g/mol. The van der Waals surface area contributed by atoms with Crippen molar-refractivity contribution in [1.29, 1.82) is 0 Å². The number of nitrogens with zero attached hydrogens (tertiary/aromatic N) is 3. The number of thiophene rings is 1. The lowest BCUT2D eigenvalue weighted by molar-refractivity contribution is 0.656. The van der Waals surface area contributed by atoms with E-state index < -0.39 is 0 Å². The van der Waals surface area contributed by atoms with Crippen molar-refractivity contribution in [3.8, 4) is 16.9 Å². The van der Waals surface area contributed by atoms with Gasteiger partial charge >= 0.3 is 0 Å². The number of para-hydroxylation sites is 1. The summed E-state index contributed by atoms with van der Waals surface area (Å²) in [5.41, 5.74) is 6.58. The van der Waals surface area contributed by atoms with Gasteiger partial charge in [0.1, 0.15) is 5.58 Å². The Hall–Kier alpha value is -6.27. The molecule has 0 atom stereocenters. The molecule has 0 fully saturated rings. The summed E-state index contributed by atoms with van der Waals surface area (Å²) >= 11 is 8.42. The van der Waals surface area contributed by atoms with Gasteiger partial charge in [0.15, 0.2) is 0 Å². The van der Waals surface area contributed by atoms with Crippen LogP contribution in [0.5, 0.6) is 0 Å². The number of fused-ring (bicyclic) bond motifs is 16. The zero-order valence-corrected chi connectivity index (χ0v) is 29.0. The van der Waals surface area contributed by atoms with Crippen molar-refractivity contribution in [3.63, 3.8) is 0 Å². The Balaban J connectivity index is 1.10.